The molecule has 1 fully saturated rings. The molecule has 6 atom stereocenters. The molecule has 1 heterocycles. The molecular weight excluding hydrogens is 428 g/mol. The van der Waals surface area contributed by atoms with Crippen molar-refractivity contribution in [3.8, 4) is 0 Å². The van der Waals surface area contributed by atoms with Gasteiger partial charge in [0.15, 0.2) is 6.29 Å². The fourth-order valence-corrected chi connectivity index (χ4v) is 4.08. The highest BCUT2D eigenvalue weighted by Crippen LogP contribution is 2.22. The van der Waals surface area contributed by atoms with Crippen molar-refractivity contribution in [1.82, 2.24) is 0 Å². The maximum absolute atomic E-state index is 9.97. The van der Waals surface area contributed by atoms with Gasteiger partial charge in [-0.05, 0) is 6.42 Å². The summed E-state index contributed by atoms with van der Waals surface area (Å²) in [6, 6.07) is 0. The molecule has 198 valence electrons. The van der Waals surface area contributed by atoms with E-state index in [-0.39, 0.29) is 13.2 Å². The smallest absolute Gasteiger partial charge is 0.186 e. The maximum Gasteiger partial charge on any atom is 0.186 e. The first-order valence-electron chi connectivity index (χ1n) is 13.2. The Kier molecular flexibility index (Phi) is 18.5. The minimum atomic E-state index is -1.49. The largest absolute Gasteiger partial charge is 0.394 e. The molecule has 8 heteroatoms. The Labute approximate surface area is 200 Å². The number of rotatable bonds is 21. The van der Waals surface area contributed by atoms with E-state index in [1.54, 1.807) is 0 Å². The van der Waals surface area contributed by atoms with Crippen molar-refractivity contribution >= 4 is 0 Å². The third-order valence-corrected chi connectivity index (χ3v) is 6.25. The average molecular weight is 479 g/mol. The van der Waals surface area contributed by atoms with Crippen LogP contribution in [0.2, 0.25) is 0 Å². The van der Waals surface area contributed by atoms with Crippen LogP contribution in [0.3, 0.4) is 0 Å². The van der Waals surface area contributed by atoms with Crippen LogP contribution in [0.4, 0.5) is 0 Å². The number of ether oxygens (including phenoxy) is 3. The van der Waals surface area contributed by atoms with E-state index < -0.39 is 43.4 Å². The van der Waals surface area contributed by atoms with Crippen LogP contribution in [-0.2, 0) is 14.2 Å². The van der Waals surface area contributed by atoms with Crippen molar-refractivity contribution in [3.63, 3.8) is 0 Å². The van der Waals surface area contributed by atoms with Crippen LogP contribution in [0.15, 0.2) is 0 Å². The normalized spacial score (nSPS) is 26.5. The zero-order valence-electron chi connectivity index (χ0n) is 20.7. The molecule has 1 aliphatic rings. The van der Waals surface area contributed by atoms with E-state index >= 15 is 0 Å². The monoisotopic (exact) mass is 478 g/mol. The molecular formula is C25H50O8. The molecule has 8 nitrogen and oxygen atoms in total. The van der Waals surface area contributed by atoms with E-state index in [9.17, 15) is 20.4 Å². The molecule has 0 radical (unpaired) electrons. The summed E-state index contributed by atoms with van der Waals surface area (Å²) in [6.07, 6.45) is 10.7. The van der Waals surface area contributed by atoms with Gasteiger partial charge < -0.3 is 39.7 Å². The first-order valence-corrected chi connectivity index (χ1v) is 13.2. The maximum atomic E-state index is 9.97. The number of unbranched alkanes of at least 4 members (excludes halogenated alkanes) is 13. The molecule has 0 spiro atoms. The molecule has 0 saturated carbocycles. The predicted octanol–water partition coefficient (Wildman–Crippen LogP) is 2.66. The van der Waals surface area contributed by atoms with Gasteiger partial charge >= 0.3 is 0 Å². The Morgan fingerprint density at radius 3 is 1.73 bits per heavy atom. The van der Waals surface area contributed by atoms with Gasteiger partial charge in [-0.3, -0.25) is 0 Å². The summed E-state index contributed by atoms with van der Waals surface area (Å²) in [7, 11) is 0. The van der Waals surface area contributed by atoms with Crippen molar-refractivity contribution in [2.45, 2.75) is 134 Å². The second-order valence-corrected chi connectivity index (χ2v) is 9.36. The number of aliphatic hydroxyl groups excluding tert-OH is 5. The lowest BCUT2D eigenvalue weighted by molar-refractivity contribution is -0.305. The van der Waals surface area contributed by atoms with Gasteiger partial charge in [-0.25, -0.2) is 0 Å². The van der Waals surface area contributed by atoms with Crippen LogP contribution < -0.4 is 0 Å². The minimum Gasteiger partial charge on any atom is -0.394 e. The van der Waals surface area contributed by atoms with Gasteiger partial charge in [-0.1, -0.05) is 90.4 Å². The van der Waals surface area contributed by atoms with Crippen LogP contribution in [0.5, 0.6) is 0 Å². The molecule has 0 aliphatic carbocycles. The first kappa shape index (κ1) is 30.7. The molecule has 1 rings (SSSR count). The summed E-state index contributed by atoms with van der Waals surface area (Å²) in [5.74, 6) is 0. The quantitative estimate of drug-likeness (QED) is 0.159. The lowest BCUT2D eigenvalue weighted by Gasteiger charge is -2.39. The van der Waals surface area contributed by atoms with Gasteiger partial charge in [0.25, 0.3) is 0 Å². The molecule has 0 aromatic carbocycles. The van der Waals surface area contributed by atoms with E-state index in [1.807, 2.05) is 0 Å². The van der Waals surface area contributed by atoms with Gasteiger partial charge in [0.05, 0.1) is 19.8 Å². The van der Waals surface area contributed by atoms with E-state index in [2.05, 4.69) is 6.92 Å². The molecule has 33 heavy (non-hydrogen) atoms. The van der Waals surface area contributed by atoms with Gasteiger partial charge in [0.1, 0.15) is 30.5 Å². The lowest BCUT2D eigenvalue weighted by Crippen LogP contribution is -2.59. The van der Waals surface area contributed by atoms with Crippen LogP contribution in [-0.4, -0.2) is 88.8 Å². The number of hydrogen-bond acceptors (Lipinski definition) is 8. The van der Waals surface area contributed by atoms with E-state index in [0.29, 0.717) is 6.61 Å². The van der Waals surface area contributed by atoms with Crippen molar-refractivity contribution in [2.75, 3.05) is 26.4 Å². The first-order chi connectivity index (χ1) is 16.0. The fraction of sp³-hybridized carbons (Fsp3) is 1.00. The molecule has 0 amide bonds. The fourth-order valence-electron chi connectivity index (χ4n) is 4.08. The molecule has 1 saturated heterocycles. The van der Waals surface area contributed by atoms with Crippen LogP contribution >= 0.6 is 0 Å². The summed E-state index contributed by atoms with van der Waals surface area (Å²) >= 11 is 0. The topological polar surface area (TPSA) is 129 Å². The average Bonchev–Trinajstić information content (AvgIpc) is 2.82. The number of aliphatic hydroxyl groups is 5. The highest BCUT2D eigenvalue weighted by atomic mass is 16.7. The zero-order chi connectivity index (χ0) is 24.3. The highest BCUT2D eigenvalue weighted by molar-refractivity contribution is 4.88. The van der Waals surface area contributed by atoms with Gasteiger partial charge in [0.2, 0.25) is 0 Å². The Morgan fingerprint density at radius 1 is 0.697 bits per heavy atom. The van der Waals surface area contributed by atoms with Crippen LogP contribution in [0.1, 0.15) is 96.8 Å². The standard InChI is InChI=1S/C25H50O8/c1-2-3-4-5-6-7-8-9-10-11-12-13-14-15-16-31-18-20(27)19-32-25-24(30)23(29)22(28)21(17-26)33-25/h20-30H,2-19H2,1H3/t20?,21-,22+,23+,24-,25+/m1/s1. The second kappa shape index (κ2) is 19.9. The lowest BCUT2D eigenvalue weighted by atomic mass is 9.99. The van der Waals surface area contributed by atoms with Crippen molar-refractivity contribution in [3.05, 3.63) is 0 Å². The van der Waals surface area contributed by atoms with Crippen LogP contribution in [0.25, 0.3) is 0 Å². The van der Waals surface area contributed by atoms with Crippen LogP contribution in [0, 0.1) is 0 Å². The van der Waals surface area contributed by atoms with Crippen molar-refractivity contribution in [2.24, 2.45) is 0 Å². The summed E-state index contributed by atoms with van der Waals surface area (Å²) in [4.78, 5) is 0. The van der Waals surface area contributed by atoms with E-state index in [4.69, 9.17) is 19.3 Å². The summed E-state index contributed by atoms with van der Waals surface area (Å²) in [5.41, 5.74) is 0. The zero-order valence-corrected chi connectivity index (χ0v) is 20.7. The molecule has 5 N–H and O–H groups in total. The second-order valence-electron chi connectivity index (χ2n) is 9.36. The summed E-state index contributed by atoms with van der Waals surface area (Å²) in [6.45, 7) is 2.27. The molecule has 1 unspecified atom stereocenters. The third kappa shape index (κ3) is 14.0. The van der Waals surface area contributed by atoms with E-state index in [1.165, 1.54) is 77.0 Å². The van der Waals surface area contributed by atoms with Gasteiger partial charge in [-0.2, -0.15) is 0 Å². The summed E-state index contributed by atoms with van der Waals surface area (Å²) < 4.78 is 16.0. The van der Waals surface area contributed by atoms with Gasteiger partial charge in [0, 0.05) is 6.61 Å². The number of hydrogen-bond donors (Lipinski definition) is 5. The Bertz CT molecular complexity index is 437. The third-order valence-electron chi connectivity index (χ3n) is 6.25. The SMILES string of the molecule is CCCCCCCCCCCCCCCCOCC(O)CO[C@H]1O[C@H](CO)[C@H](O)[C@H](O)[C@H]1O. The minimum absolute atomic E-state index is 0.107. The molecule has 0 aromatic rings. The van der Waals surface area contributed by atoms with Crippen molar-refractivity contribution < 1.29 is 39.7 Å². The molecule has 0 aromatic heterocycles. The predicted molar refractivity (Wildman–Crippen MR) is 127 cm³/mol. The summed E-state index contributed by atoms with van der Waals surface area (Å²) in [5, 5.41) is 48.5. The Morgan fingerprint density at radius 2 is 1.21 bits per heavy atom. The Balaban J connectivity index is 1.90. The van der Waals surface area contributed by atoms with Gasteiger partial charge in [-0.15, -0.1) is 0 Å². The Hall–Kier alpha value is -0.320. The highest BCUT2D eigenvalue weighted by Gasteiger charge is 2.44. The van der Waals surface area contributed by atoms with E-state index in [0.717, 1.165) is 12.8 Å². The molecule has 0 bridgehead atoms. The molecule has 1 aliphatic heterocycles. The van der Waals surface area contributed by atoms with Crippen molar-refractivity contribution in [1.29, 1.82) is 0 Å².